The number of carboxylic acid groups (broad SMARTS) is 1. The van der Waals surface area contributed by atoms with Crippen LogP contribution < -0.4 is 10.6 Å². The third-order valence-electron chi connectivity index (χ3n) is 2.57. The van der Waals surface area contributed by atoms with Crippen LogP contribution >= 0.6 is 0 Å². The molecule has 0 aliphatic carbocycles. The lowest BCUT2D eigenvalue weighted by Gasteiger charge is -2.22. The second-order valence-corrected chi connectivity index (χ2v) is 4.85. The number of aliphatic carboxylic acids is 1. The molecule has 0 heterocycles. The highest BCUT2D eigenvalue weighted by Crippen LogP contribution is 2.05. The Morgan fingerprint density at radius 3 is 2.39 bits per heavy atom. The molecule has 0 aliphatic rings. The first-order valence-corrected chi connectivity index (χ1v) is 6.27. The van der Waals surface area contributed by atoms with E-state index in [9.17, 15) is 9.59 Å². The molecule has 0 saturated heterocycles. The number of hydrogen-bond donors (Lipinski definition) is 3. The van der Waals surface area contributed by atoms with Crippen molar-refractivity contribution < 1.29 is 14.7 Å². The molecule has 6 nitrogen and oxygen atoms in total. The van der Waals surface area contributed by atoms with Crippen molar-refractivity contribution in [3.63, 3.8) is 0 Å². The number of urea groups is 1. The first-order chi connectivity index (χ1) is 8.38. The van der Waals surface area contributed by atoms with Gasteiger partial charge in [-0.05, 0) is 32.4 Å². The molecule has 0 aromatic carbocycles. The highest BCUT2D eigenvalue weighted by molar-refractivity contribution is 5.82. The van der Waals surface area contributed by atoms with Gasteiger partial charge in [0, 0.05) is 13.6 Å². The molecule has 1 atom stereocenters. The van der Waals surface area contributed by atoms with E-state index < -0.39 is 12.0 Å². The maximum Gasteiger partial charge on any atom is 0.326 e. The van der Waals surface area contributed by atoms with Gasteiger partial charge < -0.3 is 20.6 Å². The van der Waals surface area contributed by atoms with Gasteiger partial charge in [-0.3, -0.25) is 0 Å². The van der Waals surface area contributed by atoms with Gasteiger partial charge in [0.1, 0.15) is 6.04 Å². The zero-order valence-electron chi connectivity index (χ0n) is 11.7. The van der Waals surface area contributed by atoms with E-state index in [0.29, 0.717) is 13.0 Å². The fourth-order valence-electron chi connectivity index (χ4n) is 1.55. The van der Waals surface area contributed by atoms with Crippen molar-refractivity contribution in [3.8, 4) is 0 Å². The van der Waals surface area contributed by atoms with Crippen LogP contribution in [0.1, 0.15) is 26.7 Å². The number of carbonyl (C=O) groups excluding carboxylic acids is 1. The van der Waals surface area contributed by atoms with Gasteiger partial charge in [0.05, 0.1) is 0 Å². The standard InChI is InChI=1S/C12H25N3O3/c1-9(2)8-10(11(16)17)14-12(18)15(4)7-5-6-13-3/h9-10,13H,5-8H2,1-4H3,(H,14,18)(H,16,17)/t10-/m0/s1. The summed E-state index contributed by atoms with van der Waals surface area (Å²) in [6.07, 6.45) is 1.27. The zero-order chi connectivity index (χ0) is 14.1. The lowest BCUT2D eigenvalue weighted by Crippen LogP contribution is -2.47. The lowest BCUT2D eigenvalue weighted by molar-refractivity contribution is -0.139. The minimum atomic E-state index is -0.985. The molecule has 106 valence electrons. The molecule has 0 spiro atoms. The van der Waals surface area contributed by atoms with Crippen LogP contribution in [0.25, 0.3) is 0 Å². The Balaban J connectivity index is 4.19. The summed E-state index contributed by atoms with van der Waals surface area (Å²) in [6.45, 7) is 5.28. The molecule has 0 unspecified atom stereocenters. The van der Waals surface area contributed by atoms with E-state index in [1.807, 2.05) is 20.9 Å². The summed E-state index contributed by atoms with van der Waals surface area (Å²) in [6, 6.07) is -1.15. The summed E-state index contributed by atoms with van der Waals surface area (Å²) < 4.78 is 0. The van der Waals surface area contributed by atoms with E-state index in [1.165, 1.54) is 4.90 Å². The molecule has 3 N–H and O–H groups in total. The van der Waals surface area contributed by atoms with Crippen LogP contribution in [0, 0.1) is 5.92 Å². The average molecular weight is 259 g/mol. The van der Waals surface area contributed by atoms with Crippen LogP contribution in [0.5, 0.6) is 0 Å². The van der Waals surface area contributed by atoms with Gasteiger partial charge >= 0.3 is 12.0 Å². The SMILES string of the molecule is CNCCCN(C)C(=O)N[C@@H](CC(C)C)C(=O)O. The van der Waals surface area contributed by atoms with E-state index >= 15 is 0 Å². The molecule has 0 aliphatic heterocycles. The van der Waals surface area contributed by atoms with E-state index in [1.54, 1.807) is 7.05 Å². The molecular weight excluding hydrogens is 234 g/mol. The fraction of sp³-hybridized carbons (Fsp3) is 0.833. The molecule has 0 aromatic rings. The molecule has 0 aromatic heterocycles. The molecule has 0 bridgehead atoms. The van der Waals surface area contributed by atoms with Gasteiger partial charge in [-0.25, -0.2) is 9.59 Å². The Bertz CT molecular complexity index is 269. The second-order valence-electron chi connectivity index (χ2n) is 4.85. The Labute approximate surface area is 109 Å². The Hall–Kier alpha value is -1.30. The third kappa shape index (κ3) is 7.11. The molecule has 0 rings (SSSR count). The first-order valence-electron chi connectivity index (χ1n) is 6.27. The summed E-state index contributed by atoms with van der Waals surface area (Å²) in [4.78, 5) is 24.3. The Morgan fingerprint density at radius 1 is 1.33 bits per heavy atom. The molecule has 0 fully saturated rings. The van der Waals surface area contributed by atoms with E-state index in [-0.39, 0.29) is 11.9 Å². The molecule has 6 heteroatoms. The summed E-state index contributed by atoms with van der Waals surface area (Å²) >= 11 is 0. The topological polar surface area (TPSA) is 81.7 Å². The smallest absolute Gasteiger partial charge is 0.326 e. The second kappa shape index (κ2) is 8.74. The van der Waals surface area contributed by atoms with Crippen LogP contribution in [-0.4, -0.2) is 55.2 Å². The number of carboxylic acids is 1. The van der Waals surface area contributed by atoms with Gasteiger partial charge in [0.25, 0.3) is 0 Å². The average Bonchev–Trinajstić information content (AvgIpc) is 2.27. The van der Waals surface area contributed by atoms with Crippen molar-refractivity contribution >= 4 is 12.0 Å². The molecule has 18 heavy (non-hydrogen) atoms. The van der Waals surface area contributed by atoms with Gasteiger partial charge in [-0.15, -0.1) is 0 Å². The van der Waals surface area contributed by atoms with Crippen molar-refractivity contribution in [2.24, 2.45) is 5.92 Å². The molecule has 0 radical (unpaired) electrons. The van der Waals surface area contributed by atoms with Crippen LogP contribution in [0.2, 0.25) is 0 Å². The third-order valence-corrected chi connectivity index (χ3v) is 2.57. The molecule has 2 amide bonds. The van der Waals surface area contributed by atoms with Gasteiger partial charge in [0.2, 0.25) is 0 Å². The zero-order valence-corrected chi connectivity index (χ0v) is 11.7. The van der Waals surface area contributed by atoms with Crippen LogP contribution in [0.15, 0.2) is 0 Å². The summed E-state index contributed by atoms with van der Waals surface area (Å²) in [5, 5.41) is 14.6. The molecule has 0 saturated carbocycles. The highest BCUT2D eigenvalue weighted by atomic mass is 16.4. The van der Waals surface area contributed by atoms with Crippen molar-refractivity contribution in [2.75, 3.05) is 27.2 Å². The Kier molecular flexibility index (Phi) is 8.11. The number of amides is 2. The van der Waals surface area contributed by atoms with Crippen molar-refractivity contribution in [3.05, 3.63) is 0 Å². The number of hydrogen-bond acceptors (Lipinski definition) is 3. The quantitative estimate of drug-likeness (QED) is 0.561. The largest absolute Gasteiger partial charge is 0.480 e. The van der Waals surface area contributed by atoms with E-state index in [2.05, 4.69) is 10.6 Å². The first kappa shape index (κ1) is 16.7. The van der Waals surface area contributed by atoms with E-state index in [4.69, 9.17) is 5.11 Å². The summed E-state index contributed by atoms with van der Waals surface area (Å²) in [5.74, 6) is -0.762. The number of nitrogens with zero attached hydrogens (tertiary/aromatic N) is 1. The van der Waals surface area contributed by atoms with Gasteiger partial charge in [-0.1, -0.05) is 13.8 Å². The number of carbonyl (C=O) groups is 2. The number of rotatable bonds is 8. The fourth-order valence-corrected chi connectivity index (χ4v) is 1.55. The van der Waals surface area contributed by atoms with Crippen molar-refractivity contribution in [1.82, 2.24) is 15.5 Å². The lowest BCUT2D eigenvalue weighted by atomic mass is 10.0. The Morgan fingerprint density at radius 2 is 1.94 bits per heavy atom. The van der Waals surface area contributed by atoms with Crippen LogP contribution in [-0.2, 0) is 4.79 Å². The predicted molar refractivity (Wildman–Crippen MR) is 70.6 cm³/mol. The minimum absolute atomic E-state index is 0.223. The van der Waals surface area contributed by atoms with Gasteiger partial charge in [0.15, 0.2) is 0 Å². The minimum Gasteiger partial charge on any atom is -0.480 e. The summed E-state index contributed by atoms with van der Waals surface area (Å²) in [5.41, 5.74) is 0. The maximum absolute atomic E-state index is 11.8. The van der Waals surface area contributed by atoms with Crippen molar-refractivity contribution in [2.45, 2.75) is 32.7 Å². The highest BCUT2D eigenvalue weighted by Gasteiger charge is 2.22. The molecular formula is C12H25N3O3. The van der Waals surface area contributed by atoms with Crippen molar-refractivity contribution in [1.29, 1.82) is 0 Å². The van der Waals surface area contributed by atoms with Gasteiger partial charge in [-0.2, -0.15) is 0 Å². The number of nitrogens with one attached hydrogen (secondary N) is 2. The summed E-state index contributed by atoms with van der Waals surface area (Å²) in [7, 11) is 3.52. The van der Waals surface area contributed by atoms with Crippen LogP contribution in [0.4, 0.5) is 4.79 Å². The maximum atomic E-state index is 11.8. The normalized spacial score (nSPS) is 12.3. The van der Waals surface area contributed by atoms with E-state index in [0.717, 1.165) is 13.0 Å². The van der Waals surface area contributed by atoms with Crippen LogP contribution in [0.3, 0.4) is 0 Å². The monoisotopic (exact) mass is 259 g/mol. The predicted octanol–water partition coefficient (Wildman–Crippen LogP) is 0.737.